The molecule has 0 saturated carbocycles. The normalized spacial score (nSPS) is 25.1. The number of phenolic OH excluding ortho intramolecular Hbond substituents is 1. The molecule has 2 aliphatic rings. The van der Waals surface area contributed by atoms with Crippen LogP contribution < -0.4 is 18.9 Å². The number of hydrogen-bond acceptors (Lipinski definition) is 7. The third-order valence-electron chi connectivity index (χ3n) is 6.20. The fourth-order valence-corrected chi connectivity index (χ4v) is 4.58. The van der Waals surface area contributed by atoms with Crippen molar-refractivity contribution in [2.24, 2.45) is 11.8 Å². The van der Waals surface area contributed by atoms with Crippen molar-refractivity contribution < 1.29 is 33.5 Å². The maximum atomic E-state index is 10.2. The lowest BCUT2D eigenvalue weighted by Crippen LogP contribution is -2.15. The minimum absolute atomic E-state index is 0.0160. The molecule has 30 heavy (non-hydrogen) atoms. The molecule has 7 nitrogen and oxygen atoms in total. The van der Waals surface area contributed by atoms with E-state index in [4.69, 9.17) is 28.4 Å². The zero-order valence-electron chi connectivity index (χ0n) is 17.9. The van der Waals surface area contributed by atoms with E-state index in [-0.39, 0.29) is 29.8 Å². The van der Waals surface area contributed by atoms with Crippen molar-refractivity contribution >= 4 is 0 Å². The highest BCUT2D eigenvalue weighted by atomic mass is 16.5. The molecule has 2 heterocycles. The molecule has 4 atom stereocenters. The highest BCUT2D eigenvalue weighted by molar-refractivity contribution is 5.53. The predicted molar refractivity (Wildman–Crippen MR) is 110 cm³/mol. The van der Waals surface area contributed by atoms with Crippen LogP contribution in [0.5, 0.6) is 28.7 Å². The molecule has 0 aromatic heterocycles. The number of rotatable bonds is 6. The monoisotopic (exact) mass is 416 g/mol. The van der Waals surface area contributed by atoms with Gasteiger partial charge in [-0.25, -0.2) is 0 Å². The van der Waals surface area contributed by atoms with Crippen LogP contribution in [0.15, 0.2) is 24.3 Å². The van der Waals surface area contributed by atoms with Gasteiger partial charge in [-0.3, -0.25) is 0 Å². The van der Waals surface area contributed by atoms with Gasteiger partial charge in [-0.05, 0) is 42.3 Å². The summed E-state index contributed by atoms with van der Waals surface area (Å²) in [5.41, 5.74) is 2.88. The molecular formula is C23H28O7. The van der Waals surface area contributed by atoms with Gasteiger partial charge < -0.3 is 33.5 Å². The van der Waals surface area contributed by atoms with Gasteiger partial charge in [-0.2, -0.15) is 0 Å². The van der Waals surface area contributed by atoms with Gasteiger partial charge in [0.1, 0.15) is 11.5 Å². The van der Waals surface area contributed by atoms with E-state index in [0.29, 0.717) is 24.7 Å². The van der Waals surface area contributed by atoms with Crippen molar-refractivity contribution in [2.45, 2.75) is 19.1 Å². The summed E-state index contributed by atoms with van der Waals surface area (Å²) in [6.45, 7) is 3.12. The van der Waals surface area contributed by atoms with Crippen LogP contribution in [0.1, 0.15) is 28.9 Å². The zero-order valence-corrected chi connectivity index (χ0v) is 17.9. The van der Waals surface area contributed by atoms with Gasteiger partial charge in [0.2, 0.25) is 5.75 Å². The lowest BCUT2D eigenvalue weighted by atomic mass is 9.84. The van der Waals surface area contributed by atoms with E-state index in [2.05, 4.69) is 0 Å². The molecule has 0 aliphatic carbocycles. The first kappa shape index (κ1) is 20.6. The van der Waals surface area contributed by atoms with Gasteiger partial charge in [0.05, 0.1) is 53.9 Å². The molecule has 7 heteroatoms. The fourth-order valence-electron chi connectivity index (χ4n) is 4.58. The summed E-state index contributed by atoms with van der Waals surface area (Å²) in [5.74, 6) is 2.63. The number of aromatic hydroxyl groups is 1. The maximum absolute atomic E-state index is 10.2. The summed E-state index contributed by atoms with van der Waals surface area (Å²) in [7, 11) is 6.35. The average Bonchev–Trinajstić information content (AvgIpc) is 3.36. The van der Waals surface area contributed by atoms with Crippen LogP contribution in [0.4, 0.5) is 0 Å². The van der Waals surface area contributed by atoms with Crippen molar-refractivity contribution in [3.05, 3.63) is 41.0 Å². The maximum Gasteiger partial charge on any atom is 0.200 e. The van der Waals surface area contributed by atoms with Crippen LogP contribution in [-0.2, 0) is 9.47 Å². The molecule has 4 unspecified atom stereocenters. The summed E-state index contributed by atoms with van der Waals surface area (Å²) >= 11 is 0. The molecule has 2 aromatic carbocycles. The van der Waals surface area contributed by atoms with Crippen LogP contribution in [-0.4, -0.2) is 46.8 Å². The fraction of sp³-hybridized carbons (Fsp3) is 0.478. The Morgan fingerprint density at radius 3 is 1.43 bits per heavy atom. The van der Waals surface area contributed by atoms with Crippen molar-refractivity contribution in [3.8, 4) is 28.7 Å². The Labute approximate surface area is 176 Å². The first-order chi connectivity index (χ1) is 14.5. The van der Waals surface area contributed by atoms with E-state index in [1.807, 2.05) is 19.1 Å². The van der Waals surface area contributed by atoms with Crippen LogP contribution in [0, 0.1) is 18.8 Å². The summed E-state index contributed by atoms with van der Waals surface area (Å²) < 4.78 is 34.1. The summed E-state index contributed by atoms with van der Waals surface area (Å²) in [6, 6.07) is 7.64. The number of phenols is 1. The molecule has 0 amide bonds. The van der Waals surface area contributed by atoms with E-state index < -0.39 is 0 Å². The van der Waals surface area contributed by atoms with Gasteiger partial charge in [0.15, 0.2) is 11.5 Å². The first-order valence-corrected chi connectivity index (χ1v) is 9.93. The lowest BCUT2D eigenvalue weighted by Gasteiger charge is -2.20. The van der Waals surface area contributed by atoms with E-state index >= 15 is 0 Å². The Morgan fingerprint density at radius 1 is 0.700 bits per heavy atom. The largest absolute Gasteiger partial charge is 0.502 e. The smallest absolute Gasteiger partial charge is 0.200 e. The molecule has 4 rings (SSSR count). The van der Waals surface area contributed by atoms with Crippen LogP contribution in [0.2, 0.25) is 0 Å². The molecule has 0 bridgehead atoms. The molecule has 2 saturated heterocycles. The molecule has 0 radical (unpaired) electrons. The van der Waals surface area contributed by atoms with Crippen LogP contribution in [0.3, 0.4) is 0 Å². The molecule has 1 N–H and O–H groups in total. The Morgan fingerprint density at radius 2 is 1.07 bits per heavy atom. The number of fused-ring (bicyclic) bond motifs is 1. The minimum atomic E-state index is -0.169. The highest BCUT2D eigenvalue weighted by Crippen LogP contribution is 2.52. The van der Waals surface area contributed by atoms with Crippen molar-refractivity contribution in [2.75, 3.05) is 41.7 Å². The van der Waals surface area contributed by atoms with E-state index in [1.54, 1.807) is 26.4 Å². The summed E-state index contributed by atoms with van der Waals surface area (Å²) in [4.78, 5) is 0. The van der Waals surface area contributed by atoms with Gasteiger partial charge in [-0.1, -0.05) is 0 Å². The van der Waals surface area contributed by atoms with Gasteiger partial charge >= 0.3 is 0 Å². The third kappa shape index (κ3) is 3.32. The number of methoxy groups -OCH3 is 4. The molecule has 2 fully saturated rings. The molecule has 2 aliphatic heterocycles. The SMILES string of the molecule is COc1cc(C2OCC3C(c4cc(OC)c(O)c(OC)c4)OCC23)cc(OC)c1C. The standard InChI is InChI=1S/C23H28O7/c1-12-17(25-2)6-13(7-18(12)26-3)22-15-10-30-23(16(15)11-29-22)14-8-19(27-4)21(24)20(9-14)28-5/h6-9,15-16,22-24H,10-11H2,1-5H3. The molecule has 162 valence electrons. The first-order valence-electron chi connectivity index (χ1n) is 9.93. The van der Waals surface area contributed by atoms with Gasteiger partial charge in [0, 0.05) is 17.4 Å². The van der Waals surface area contributed by atoms with Crippen molar-refractivity contribution in [3.63, 3.8) is 0 Å². The van der Waals surface area contributed by atoms with Crippen LogP contribution in [0.25, 0.3) is 0 Å². The second-order valence-electron chi connectivity index (χ2n) is 7.66. The van der Waals surface area contributed by atoms with E-state index in [0.717, 1.165) is 28.2 Å². The Bertz CT molecular complexity index is 800. The van der Waals surface area contributed by atoms with E-state index in [1.165, 1.54) is 14.2 Å². The third-order valence-corrected chi connectivity index (χ3v) is 6.20. The minimum Gasteiger partial charge on any atom is -0.502 e. The number of hydrogen-bond donors (Lipinski definition) is 1. The molecular weight excluding hydrogens is 388 g/mol. The second-order valence-corrected chi connectivity index (χ2v) is 7.66. The molecule has 2 aromatic rings. The Kier molecular flexibility index (Phi) is 5.66. The second kappa shape index (κ2) is 8.24. The lowest BCUT2D eigenvalue weighted by molar-refractivity contribution is 0.0190. The Balaban J connectivity index is 1.63. The quantitative estimate of drug-likeness (QED) is 0.767. The number of ether oxygens (including phenoxy) is 6. The van der Waals surface area contributed by atoms with E-state index in [9.17, 15) is 5.11 Å². The number of benzene rings is 2. The topological polar surface area (TPSA) is 75.6 Å². The predicted octanol–water partition coefficient (Wildman–Crippen LogP) is 3.81. The Hall–Kier alpha value is -2.64. The van der Waals surface area contributed by atoms with Crippen LogP contribution >= 0.6 is 0 Å². The zero-order chi connectivity index (χ0) is 21.4. The summed E-state index contributed by atoms with van der Waals surface area (Å²) in [5, 5.41) is 10.2. The highest BCUT2D eigenvalue weighted by Gasteiger charge is 2.48. The van der Waals surface area contributed by atoms with Gasteiger partial charge in [0.25, 0.3) is 0 Å². The van der Waals surface area contributed by atoms with Crippen molar-refractivity contribution in [1.82, 2.24) is 0 Å². The summed E-state index contributed by atoms with van der Waals surface area (Å²) in [6.07, 6.45) is -0.276. The van der Waals surface area contributed by atoms with Crippen molar-refractivity contribution in [1.29, 1.82) is 0 Å². The molecule has 0 spiro atoms. The van der Waals surface area contributed by atoms with Gasteiger partial charge in [-0.15, -0.1) is 0 Å². The average molecular weight is 416 g/mol.